The molecule has 2 aromatic rings. The molecular weight excluding hydrogens is 384 g/mol. The Morgan fingerprint density at radius 2 is 1.68 bits per heavy atom. The number of aliphatic carboxylic acids is 1. The molecule has 1 amide bonds. The summed E-state index contributed by atoms with van der Waals surface area (Å²) in [5.41, 5.74) is 1.40. The predicted molar refractivity (Wildman–Crippen MR) is 105 cm³/mol. The SMILES string of the molecule is Cc1cc(S(=O)(=O)Nc2ccc(NC(=O)C(C)C)cc2)ccc1OCC(=O)O. The van der Waals surface area contributed by atoms with Crippen molar-refractivity contribution in [1.82, 2.24) is 0 Å². The maximum Gasteiger partial charge on any atom is 0.341 e. The molecule has 0 bridgehead atoms. The van der Waals surface area contributed by atoms with Gasteiger partial charge in [0.1, 0.15) is 5.75 Å². The van der Waals surface area contributed by atoms with Crippen molar-refractivity contribution in [3.8, 4) is 5.75 Å². The second kappa shape index (κ2) is 8.75. The van der Waals surface area contributed by atoms with Crippen LogP contribution in [0.15, 0.2) is 47.4 Å². The first-order valence-electron chi connectivity index (χ1n) is 8.47. The largest absolute Gasteiger partial charge is 0.482 e. The van der Waals surface area contributed by atoms with Crippen molar-refractivity contribution >= 4 is 33.3 Å². The Morgan fingerprint density at radius 3 is 2.21 bits per heavy atom. The second-order valence-corrected chi connectivity index (χ2v) is 8.12. The summed E-state index contributed by atoms with van der Waals surface area (Å²) in [6, 6.07) is 10.5. The third-order valence-electron chi connectivity index (χ3n) is 3.74. The summed E-state index contributed by atoms with van der Waals surface area (Å²) in [5.74, 6) is -1.12. The molecule has 28 heavy (non-hydrogen) atoms. The number of hydrogen-bond donors (Lipinski definition) is 3. The first kappa shape index (κ1) is 21.2. The van der Waals surface area contributed by atoms with Crippen LogP contribution in [0.1, 0.15) is 19.4 Å². The van der Waals surface area contributed by atoms with Gasteiger partial charge in [0, 0.05) is 17.3 Å². The molecule has 0 radical (unpaired) electrons. The number of carbonyl (C=O) groups is 2. The number of amides is 1. The lowest BCUT2D eigenvalue weighted by Gasteiger charge is -2.12. The average molecular weight is 406 g/mol. The molecule has 0 saturated heterocycles. The van der Waals surface area contributed by atoms with Crippen LogP contribution in [0.4, 0.5) is 11.4 Å². The van der Waals surface area contributed by atoms with Gasteiger partial charge in [0.15, 0.2) is 6.61 Å². The zero-order valence-electron chi connectivity index (χ0n) is 15.7. The molecule has 0 aliphatic carbocycles. The van der Waals surface area contributed by atoms with E-state index < -0.39 is 22.6 Å². The van der Waals surface area contributed by atoms with Crippen LogP contribution < -0.4 is 14.8 Å². The van der Waals surface area contributed by atoms with E-state index in [1.807, 2.05) is 0 Å². The minimum Gasteiger partial charge on any atom is -0.482 e. The summed E-state index contributed by atoms with van der Waals surface area (Å²) in [6.07, 6.45) is 0. The van der Waals surface area contributed by atoms with Gasteiger partial charge in [0.25, 0.3) is 10.0 Å². The maximum atomic E-state index is 12.6. The van der Waals surface area contributed by atoms with Crippen molar-refractivity contribution < 1.29 is 27.9 Å². The number of rotatable bonds is 8. The quantitative estimate of drug-likeness (QED) is 0.620. The molecule has 0 fully saturated rings. The fraction of sp³-hybridized carbons (Fsp3) is 0.263. The van der Waals surface area contributed by atoms with Crippen LogP contribution in [0.25, 0.3) is 0 Å². The topological polar surface area (TPSA) is 122 Å². The molecule has 0 aliphatic rings. The number of carbonyl (C=O) groups excluding carboxylic acids is 1. The number of aryl methyl sites for hydroxylation is 1. The number of anilines is 2. The van der Waals surface area contributed by atoms with Gasteiger partial charge in [0.05, 0.1) is 4.90 Å². The molecule has 0 saturated carbocycles. The number of benzene rings is 2. The van der Waals surface area contributed by atoms with Crippen molar-refractivity contribution in [3.63, 3.8) is 0 Å². The number of carboxylic acid groups (broad SMARTS) is 1. The number of sulfonamides is 1. The Balaban J connectivity index is 2.11. The number of hydrogen-bond acceptors (Lipinski definition) is 5. The van der Waals surface area contributed by atoms with Crippen molar-refractivity contribution in [2.24, 2.45) is 5.92 Å². The zero-order valence-corrected chi connectivity index (χ0v) is 16.5. The number of nitrogens with one attached hydrogen (secondary N) is 2. The van der Waals surface area contributed by atoms with E-state index in [-0.39, 0.29) is 16.7 Å². The first-order chi connectivity index (χ1) is 13.1. The minimum atomic E-state index is -3.84. The highest BCUT2D eigenvalue weighted by molar-refractivity contribution is 7.92. The van der Waals surface area contributed by atoms with Crippen LogP contribution in [0.5, 0.6) is 5.75 Å². The van der Waals surface area contributed by atoms with E-state index in [9.17, 15) is 18.0 Å². The molecule has 0 spiro atoms. The van der Waals surface area contributed by atoms with Gasteiger partial charge in [0.2, 0.25) is 5.91 Å². The molecule has 0 heterocycles. The van der Waals surface area contributed by atoms with E-state index in [1.165, 1.54) is 18.2 Å². The third kappa shape index (κ3) is 5.71. The average Bonchev–Trinajstić information content (AvgIpc) is 2.61. The molecule has 8 nitrogen and oxygen atoms in total. The first-order valence-corrected chi connectivity index (χ1v) is 9.96. The van der Waals surface area contributed by atoms with E-state index in [0.29, 0.717) is 22.7 Å². The Kier molecular flexibility index (Phi) is 6.63. The molecule has 9 heteroatoms. The predicted octanol–water partition coefficient (Wildman–Crippen LogP) is 2.85. The molecule has 0 atom stereocenters. The third-order valence-corrected chi connectivity index (χ3v) is 5.12. The summed E-state index contributed by atoms with van der Waals surface area (Å²) in [5, 5.41) is 11.4. The van der Waals surface area contributed by atoms with Crippen molar-refractivity contribution in [2.75, 3.05) is 16.6 Å². The molecule has 0 aliphatic heterocycles. The smallest absolute Gasteiger partial charge is 0.341 e. The zero-order chi connectivity index (χ0) is 20.9. The highest BCUT2D eigenvalue weighted by atomic mass is 32.2. The van der Waals surface area contributed by atoms with Crippen LogP contribution in [0.3, 0.4) is 0 Å². The molecule has 0 aromatic heterocycles. The fourth-order valence-corrected chi connectivity index (χ4v) is 3.36. The van der Waals surface area contributed by atoms with E-state index in [0.717, 1.165) is 0 Å². The number of carboxylic acids is 1. The van der Waals surface area contributed by atoms with Crippen molar-refractivity contribution in [1.29, 1.82) is 0 Å². The summed E-state index contributed by atoms with van der Waals surface area (Å²) in [4.78, 5) is 22.3. The minimum absolute atomic E-state index is 0.0184. The molecule has 2 rings (SSSR count). The Hall–Kier alpha value is -3.07. The second-order valence-electron chi connectivity index (χ2n) is 6.44. The van der Waals surface area contributed by atoms with E-state index in [1.54, 1.807) is 45.0 Å². The molecular formula is C19H22N2O6S. The van der Waals surface area contributed by atoms with Gasteiger partial charge in [-0.25, -0.2) is 13.2 Å². The van der Waals surface area contributed by atoms with Gasteiger partial charge in [-0.2, -0.15) is 0 Å². The summed E-state index contributed by atoms with van der Waals surface area (Å²) in [7, 11) is -3.84. The Labute approximate surface area is 163 Å². The summed E-state index contributed by atoms with van der Waals surface area (Å²) >= 11 is 0. The van der Waals surface area contributed by atoms with Gasteiger partial charge >= 0.3 is 5.97 Å². The van der Waals surface area contributed by atoms with Crippen LogP contribution in [0.2, 0.25) is 0 Å². The van der Waals surface area contributed by atoms with Crippen LogP contribution in [-0.2, 0) is 19.6 Å². The van der Waals surface area contributed by atoms with Crippen molar-refractivity contribution in [3.05, 3.63) is 48.0 Å². The van der Waals surface area contributed by atoms with Gasteiger partial charge in [-0.1, -0.05) is 13.8 Å². The lowest BCUT2D eigenvalue weighted by molar-refractivity contribution is -0.139. The maximum absolute atomic E-state index is 12.6. The monoisotopic (exact) mass is 406 g/mol. The number of ether oxygens (including phenoxy) is 1. The van der Waals surface area contributed by atoms with Gasteiger partial charge in [-0.05, 0) is 55.0 Å². The molecule has 2 aromatic carbocycles. The summed E-state index contributed by atoms with van der Waals surface area (Å²) < 4.78 is 32.7. The van der Waals surface area contributed by atoms with Crippen molar-refractivity contribution in [2.45, 2.75) is 25.7 Å². The molecule has 150 valence electrons. The highest BCUT2D eigenvalue weighted by Gasteiger charge is 2.16. The Morgan fingerprint density at radius 1 is 1.07 bits per heavy atom. The normalized spacial score (nSPS) is 11.1. The van der Waals surface area contributed by atoms with Gasteiger partial charge in [-0.3, -0.25) is 9.52 Å². The van der Waals surface area contributed by atoms with Gasteiger partial charge in [-0.15, -0.1) is 0 Å². The highest BCUT2D eigenvalue weighted by Crippen LogP contribution is 2.24. The fourth-order valence-electron chi connectivity index (χ4n) is 2.21. The molecule has 0 unspecified atom stereocenters. The van der Waals surface area contributed by atoms with E-state index in [4.69, 9.17) is 9.84 Å². The lowest BCUT2D eigenvalue weighted by atomic mass is 10.2. The Bertz CT molecular complexity index is 968. The standard InChI is InChI=1S/C19H22N2O6S/c1-12(2)19(24)20-14-4-6-15(7-5-14)21-28(25,26)16-8-9-17(13(3)10-16)27-11-18(22)23/h4-10,12,21H,11H2,1-3H3,(H,20,24)(H,22,23). The lowest BCUT2D eigenvalue weighted by Crippen LogP contribution is -2.17. The molecule has 3 N–H and O–H groups in total. The summed E-state index contributed by atoms with van der Waals surface area (Å²) in [6.45, 7) is 4.67. The van der Waals surface area contributed by atoms with Crippen LogP contribution in [0, 0.1) is 12.8 Å². The van der Waals surface area contributed by atoms with Gasteiger partial charge < -0.3 is 15.2 Å². The van der Waals surface area contributed by atoms with E-state index in [2.05, 4.69) is 10.0 Å². The van der Waals surface area contributed by atoms with E-state index >= 15 is 0 Å². The van der Waals surface area contributed by atoms with Crippen LogP contribution in [-0.4, -0.2) is 32.0 Å². The van der Waals surface area contributed by atoms with Crippen LogP contribution >= 0.6 is 0 Å².